The first-order valence-electron chi connectivity index (χ1n) is 10.6. The lowest BCUT2D eigenvalue weighted by Gasteiger charge is -2.09. The second-order valence-corrected chi connectivity index (χ2v) is 8.12. The minimum absolute atomic E-state index is 0.204. The summed E-state index contributed by atoms with van der Waals surface area (Å²) in [6, 6.07) is 10.7. The quantitative estimate of drug-likeness (QED) is 0.467. The van der Waals surface area contributed by atoms with E-state index in [1.54, 1.807) is 25.4 Å². The summed E-state index contributed by atoms with van der Waals surface area (Å²) in [4.78, 5) is 32.6. The number of anilines is 3. The minimum atomic E-state index is -0.205. The van der Waals surface area contributed by atoms with Crippen molar-refractivity contribution in [1.82, 2.24) is 24.3 Å². The highest BCUT2D eigenvalue weighted by atomic mass is 16.5. The number of aryl methyl sites for hydroxylation is 2. The van der Waals surface area contributed by atoms with Crippen LogP contribution in [0.4, 0.5) is 17.5 Å². The van der Waals surface area contributed by atoms with Crippen LogP contribution in [0.3, 0.4) is 0 Å². The van der Waals surface area contributed by atoms with E-state index < -0.39 is 0 Å². The molecule has 168 valence electrons. The van der Waals surface area contributed by atoms with Crippen LogP contribution in [0.25, 0.3) is 11.0 Å². The number of carbonyl (C=O) groups is 1. The monoisotopic (exact) mass is 445 g/mol. The molecule has 1 aliphatic rings. The molecule has 1 aromatic carbocycles. The number of hydrogen-bond acceptors (Lipinski definition) is 7. The van der Waals surface area contributed by atoms with Crippen LogP contribution in [0, 0.1) is 0 Å². The molecule has 0 bridgehead atoms. The maximum absolute atomic E-state index is 12.6. The number of benzene rings is 1. The Balaban J connectivity index is 1.43. The maximum Gasteiger partial charge on any atom is 0.290 e. The maximum atomic E-state index is 12.6. The summed E-state index contributed by atoms with van der Waals surface area (Å²) in [6.45, 7) is 1.42. The summed E-state index contributed by atoms with van der Waals surface area (Å²) in [5, 5.41) is 10.2. The van der Waals surface area contributed by atoms with Gasteiger partial charge >= 0.3 is 0 Å². The lowest BCUT2D eigenvalue weighted by atomic mass is 10.2. The van der Waals surface area contributed by atoms with Crippen molar-refractivity contribution >= 4 is 34.4 Å². The second kappa shape index (κ2) is 8.05. The average Bonchev–Trinajstić information content (AvgIpc) is 3.57. The molecule has 0 atom stereocenters. The van der Waals surface area contributed by atoms with E-state index in [1.165, 1.54) is 11.6 Å². The van der Waals surface area contributed by atoms with Crippen molar-refractivity contribution in [3.8, 4) is 11.5 Å². The summed E-state index contributed by atoms with van der Waals surface area (Å²) < 4.78 is 9.20. The first-order valence-corrected chi connectivity index (χ1v) is 10.6. The van der Waals surface area contributed by atoms with E-state index in [1.807, 2.05) is 35.9 Å². The number of fused-ring (bicyclic) bond motifs is 1. The molecule has 0 unspecified atom stereocenters. The van der Waals surface area contributed by atoms with Gasteiger partial charge in [0.05, 0.1) is 16.7 Å². The fourth-order valence-corrected chi connectivity index (χ4v) is 3.62. The van der Waals surface area contributed by atoms with E-state index in [4.69, 9.17) is 4.74 Å². The van der Waals surface area contributed by atoms with Gasteiger partial charge in [0.25, 0.3) is 5.56 Å². The molecule has 0 radical (unpaired) electrons. The van der Waals surface area contributed by atoms with Crippen LogP contribution in [0.1, 0.15) is 31.4 Å². The third-order valence-corrected chi connectivity index (χ3v) is 5.45. The number of ether oxygens (including phenoxy) is 1. The predicted molar refractivity (Wildman–Crippen MR) is 124 cm³/mol. The van der Waals surface area contributed by atoms with Gasteiger partial charge in [-0.2, -0.15) is 5.10 Å². The van der Waals surface area contributed by atoms with Crippen LogP contribution in [0.2, 0.25) is 0 Å². The average molecular weight is 445 g/mol. The van der Waals surface area contributed by atoms with E-state index >= 15 is 0 Å². The Bertz CT molecular complexity index is 1440. The summed E-state index contributed by atoms with van der Waals surface area (Å²) >= 11 is 0. The van der Waals surface area contributed by atoms with E-state index in [9.17, 15) is 9.59 Å². The van der Waals surface area contributed by atoms with Crippen molar-refractivity contribution in [3.63, 3.8) is 0 Å². The Morgan fingerprint density at radius 1 is 1.12 bits per heavy atom. The van der Waals surface area contributed by atoms with E-state index in [0.29, 0.717) is 34.9 Å². The van der Waals surface area contributed by atoms with Gasteiger partial charge in [-0.05, 0) is 37.1 Å². The summed E-state index contributed by atoms with van der Waals surface area (Å²) in [7, 11) is 3.53. The topological polar surface area (TPSA) is 116 Å². The van der Waals surface area contributed by atoms with Gasteiger partial charge in [0.1, 0.15) is 23.0 Å². The highest BCUT2D eigenvalue weighted by Crippen LogP contribution is 2.39. The standard InChI is InChI=1S/C23H23N7O3/c1-13(31)25-21-11-16(8-9-24-21)33-15-6-7-17-20(10-15)29(2)23(26-17)27-19-12-18(14-4-5-14)28-30(3)22(19)32/h6-12,14H,4-5H2,1-3H3,(H,26,27)(H,24,25,31). The molecule has 0 aliphatic heterocycles. The van der Waals surface area contributed by atoms with Gasteiger partial charge in [-0.15, -0.1) is 0 Å². The van der Waals surface area contributed by atoms with E-state index in [2.05, 4.69) is 25.7 Å². The molecular formula is C23H23N7O3. The van der Waals surface area contributed by atoms with Gasteiger partial charge in [-0.3, -0.25) is 9.59 Å². The van der Waals surface area contributed by atoms with Crippen molar-refractivity contribution < 1.29 is 9.53 Å². The molecule has 0 spiro atoms. The zero-order chi connectivity index (χ0) is 23.1. The van der Waals surface area contributed by atoms with Gasteiger partial charge < -0.3 is 19.9 Å². The molecule has 4 aromatic rings. The Kier molecular flexibility index (Phi) is 5.04. The number of rotatable bonds is 6. The van der Waals surface area contributed by atoms with Gasteiger partial charge in [-0.25, -0.2) is 14.6 Å². The number of nitrogens with one attached hydrogen (secondary N) is 2. The number of amides is 1. The van der Waals surface area contributed by atoms with Crippen LogP contribution < -0.4 is 20.9 Å². The molecule has 1 saturated carbocycles. The predicted octanol–water partition coefficient (Wildman–Crippen LogP) is 3.43. The fraction of sp³-hybridized carbons (Fsp3) is 0.261. The summed E-state index contributed by atoms with van der Waals surface area (Å²) in [5.74, 6) is 2.33. The highest BCUT2D eigenvalue weighted by molar-refractivity contribution is 5.87. The van der Waals surface area contributed by atoms with Crippen molar-refractivity contribution in [2.45, 2.75) is 25.7 Å². The van der Waals surface area contributed by atoms with Gasteiger partial charge in [0.15, 0.2) is 0 Å². The molecule has 3 aromatic heterocycles. The van der Waals surface area contributed by atoms with Gasteiger partial charge in [-0.1, -0.05) is 0 Å². The molecule has 10 heteroatoms. The van der Waals surface area contributed by atoms with Gasteiger partial charge in [0.2, 0.25) is 11.9 Å². The summed E-state index contributed by atoms with van der Waals surface area (Å²) in [5.41, 5.74) is 2.76. The first-order chi connectivity index (χ1) is 15.9. The number of imidazole rings is 1. The molecule has 1 amide bonds. The fourth-order valence-electron chi connectivity index (χ4n) is 3.62. The largest absolute Gasteiger partial charge is 0.457 e. The Hall–Kier alpha value is -4.21. The second-order valence-electron chi connectivity index (χ2n) is 8.12. The van der Waals surface area contributed by atoms with Crippen LogP contribution in [0.5, 0.6) is 11.5 Å². The lowest BCUT2D eigenvalue weighted by molar-refractivity contribution is -0.114. The molecule has 1 fully saturated rings. The number of nitrogens with zero attached hydrogens (tertiary/aromatic N) is 5. The summed E-state index contributed by atoms with van der Waals surface area (Å²) in [6.07, 6.45) is 3.77. The molecule has 33 heavy (non-hydrogen) atoms. The van der Waals surface area contributed by atoms with Crippen LogP contribution >= 0.6 is 0 Å². The molecule has 10 nitrogen and oxygen atoms in total. The zero-order valence-corrected chi connectivity index (χ0v) is 18.5. The van der Waals surface area contributed by atoms with Crippen molar-refractivity contribution in [2.75, 3.05) is 10.6 Å². The van der Waals surface area contributed by atoms with Crippen LogP contribution in [-0.2, 0) is 18.9 Å². The van der Waals surface area contributed by atoms with Gasteiger partial charge in [0, 0.05) is 45.3 Å². The molecule has 1 aliphatic carbocycles. The van der Waals surface area contributed by atoms with E-state index in [-0.39, 0.29) is 11.5 Å². The van der Waals surface area contributed by atoms with Crippen molar-refractivity contribution in [3.05, 3.63) is 58.6 Å². The third-order valence-electron chi connectivity index (χ3n) is 5.45. The number of pyridine rings is 1. The SMILES string of the molecule is CC(=O)Nc1cc(Oc2ccc3nc(Nc4cc(C5CC5)nn(C)c4=O)n(C)c3c2)ccn1. The molecule has 3 heterocycles. The van der Waals surface area contributed by atoms with Crippen LogP contribution in [0.15, 0.2) is 47.4 Å². The molecule has 2 N–H and O–H groups in total. The molecule has 5 rings (SSSR count). The smallest absolute Gasteiger partial charge is 0.290 e. The first kappa shape index (κ1) is 20.7. The Labute approximate surface area is 189 Å². The normalized spacial score (nSPS) is 13.2. The molecule has 0 saturated heterocycles. The highest BCUT2D eigenvalue weighted by Gasteiger charge is 2.26. The third kappa shape index (κ3) is 4.27. The number of hydrogen-bond donors (Lipinski definition) is 2. The van der Waals surface area contributed by atoms with E-state index in [0.717, 1.165) is 29.6 Å². The minimum Gasteiger partial charge on any atom is -0.457 e. The number of carbonyl (C=O) groups excluding carboxylic acids is 1. The lowest BCUT2D eigenvalue weighted by Crippen LogP contribution is -2.23. The van der Waals surface area contributed by atoms with Crippen LogP contribution in [-0.4, -0.2) is 30.2 Å². The Morgan fingerprint density at radius 2 is 1.91 bits per heavy atom. The number of aromatic nitrogens is 5. The van der Waals surface area contributed by atoms with Crippen molar-refractivity contribution in [2.24, 2.45) is 14.1 Å². The zero-order valence-electron chi connectivity index (χ0n) is 18.5. The van der Waals surface area contributed by atoms with Crippen molar-refractivity contribution in [1.29, 1.82) is 0 Å². The molecular weight excluding hydrogens is 422 g/mol. The Morgan fingerprint density at radius 3 is 2.67 bits per heavy atom.